The Bertz CT molecular complexity index is 414. The molecule has 1 aliphatic rings. The van der Waals surface area contributed by atoms with E-state index < -0.39 is 0 Å². The summed E-state index contributed by atoms with van der Waals surface area (Å²) in [5.41, 5.74) is 1.58. The second-order valence-electron chi connectivity index (χ2n) is 4.66. The Morgan fingerprint density at radius 2 is 2.19 bits per heavy atom. The fraction of sp³-hybridized carbons (Fsp3) is 0.462. The smallest absolute Gasteiger partial charge is 0.166 e. The number of hydrogen-bond acceptors (Lipinski definition) is 2. The van der Waals surface area contributed by atoms with Gasteiger partial charge in [-0.15, -0.1) is 0 Å². The molecule has 1 atom stereocenters. The zero-order chi connectivity index (χ0) is 11.7. The van der Waals surface area contributed by atoms with Gasteiger partial charge in [0.15, 0.2) is 5.78 Å². The molecule has 0 heterocycles. The van der Waals surface area contributed by atoms with Crippen LogP contribution in [0.3, 0.4) is 0 Å². The van der Waals surface area contributed by atoms with Crippen molar-refractivity contribution in [2.24, 2.45) is 5.92 Å². The van der Waals surface area contributed by atoms with Crippen LogP contribution in [-0.4, -0.2) is 31.3 Å². The van der Waals surface area contributed by atoms with Crippen molar-refractivity contribution in [3.05, 3.63) is 35.1 Å². The SMILES string of the molecule is CN(C)CC[C@H]1Cc2ccc(F)cc2C1=O. The Morgan fingerprint density at radius 3 is 2.88 bits per heavy atom. The summed E-state index contributed by atoms with van der Waals surface area (Å²) in [4.78, 5) is 14.0. The maximum absolute atomic E-state index is 13.0. The van der Waals surface area contributed by atoms with Crippen molar-refractivity contribution in [3.63, 3.8) is 0 Å². The van der Waals surface area contributed by atoms with Crippen molar-refractivity contribution in [1.82, 2.24) is 4.90 Å². The lowest BCUT2D eigenvalue weighted by atomic mass is 10.0. The normalized spacial score (nSPS) is 19.2. The lowest BCUT2D eigenvalue weighted by Gasteiger charge is -2.12. The topological polar surface area (TPSA) is 20.3 Å². The van der Waals surface area contributed by atoms with Crippen molar-refractivity contribution in [2.75, 3.05) is 20.6 Å². The predicted molar refractivity (Wildman–Crippen MR) is 61.1 cm³/mol. The first-order valence-electron chi connectivity index (χ1n) is 5.55. The van der Waals surface area contributed by atoms with Gasteiger partial charge in [0.05, 0.1) is 0 Å². The second-order valence-corrected chi connectivity index (χ2v) is 4.66. The van der Waals surface area contributed by atoms with Crippen LogP contribution in [0.15, 0.2) is 18.2 Å². The quantitative estimate of drug-likeness (QED) is 0.779. The number of carbonyl (C=O) groups excluding carboxylic acids is 1. The van der Waals surface area contributed by atoms with E-state index in [1.54, 1.807) is 6.07 Å². The van der Waals surface area contributed by atoms with E-state index >= 15 is 0 Å². The summed E-state index contributed by atoms with van der Waals surface area (Å²) in [6.45, 7) is 0.896. The van der Waals surface area contributed by atoms with Crippen LogP contribution in [0.4, 0.5) is 4.39 Å². The molecule has 2 rings (SSSR count). The Morgan fingerprint density at radius 1 is 1.44 bits per heavy atom. The molecule has 0 unspecified atom stereocenters. The Balaban J connectivity index is 2.12. The van der Waals surface area contributed by atoms with Crippen LogP contribution in [0.25, 0.3) is 0 Å². The highest BCUT2D eigenvalue weighted by atomic mass is 19.1. The molecule has 1 aromatic carbocycles. The van der Waals surface area contributed by atoms with Crippen LogP contribution in [0.5, 0.6) is 0 Å². The van der Waals surface area contributed by atoms with E-state index in [-0.39, 0.29) is 17.5 Å². The molecule has 1 aromatic rings. The summed E-state index contributed by atoms with van der Waals surface area (Å²) in [6.07, 6.45) is 1.62. The summed E-state index contributed by atoms with van der Waals surface area (Å²) in [5.74, 6) is -0.170. The van der Waals surface area contributed by atoms with Crippen LogP contribution in [-0.2, 0) is 6.42 Å². The van der Waals surface area contributed by atoms with E-state index in [2.05, 4.69) is 4.90 Å². The lowest BCUT2D eigenvalue weighted by molar-refractivity contribution is 0.0925. The number of hydrogen-bond donors (Lipinski definition) is 0. The minimum Gasteiger partial charge on any atom is -0.309 e. The van der Waals surface area contributed by atoms with Crippen molar-refractivity contribution >= 4 is 5.78 Å². The molecule has 0 spiro atoms. The van der Waals surface area contributed by atoms with Crippen LogP contribution in [0, 0.1) is 11.7 Å². The number of nitrogens with zero attached hydrogens (tertiary/aromatic N) is 1. The van der Waals surface area contributed by atoms with Gasteiger partial charge in [-0.2, -0.15) is 0 Å². The molecule has 0 saturated carbocycles. The highest BCUT2D eigenvalue weighted by Crippen LogP contribution is 2.29. The van der Waals surface area contributed by atoms with Crippen molar-refractivity contribution in [3.8, 4) is 0 Å². The van der Waals surface area contributed by atoms with Gasteiger partial charge in [0.1, 0.15) is 5.82 Å². The van der Waals surface area contributed by atoms with E-state index in [1.165, 1.54) is 12.1 Å². The largest absolute Gasteiger partial charge is 0.309 e. The molecule has 0 fully saturated rings. The fourth-order valence-corrected chi connectivity index (χ4v) is 2.18. The van der Waals surface area contributed by atoms with Crippen molar-refractivity contribution in [2.45, 2.75) is 12.8 Å². The molecule has 0 saturated heterocycles. The fourth-order valence-electron chi connectivity index (χ4n) is 2.18. The van der Waals surface area contributed by atoms with E-state index in [1.807, 2.05) is 14.1 Å². The third-order valence-electron chi connectivity index (χ3n) is 3.10. The van der Waals surface area contributed by atoms with E-state index in [9.17, 15) is 9.18 Å². The number of fused-ring (bicyclic) bond motifs is 1. The molecule has 0 aliphatic heterocycles. The van der Waals surface area contributed by atoms with Crippen LogP contribution >= 0.6 is 0 Å². The maximum atomic E-state index is 13.0. The summed E-state index contributed by atoms with van der Waals surface area (Å²) in [6, 6.07) is 4.53. The van der Waals surface area contributed by atoms with Crippen molar-refractivity contribution in [1.29, 1.82) is 0 Å². The van der Waals surface area contributed by atoms with Gasteiger partial charge in [0.25, 0.3) is 0 Å². The standard InChI is InChI=1S/C13H16FNO/c1-15(2)6-5-10-7-9-3-4-11(14)8-12(9)13(10)16/h3-4,8,10H,5-7H2,1-2H3/t10-/m0/s1. The molecule has 2 nitrogen and oxygen atoms in total. The molecule has 0 radical (unpaired) electrons. The minimum atomic E-state index is -0.319. The lowest BCUT2D eigenvalue weighted by Crippen LogP contribution is -2.19. The van der Waals surface area contributed by atoms with Crippen LogP contribution in [0.2, 0.25) is 0 Å². The number of Topliss-reactive ketones (excluding diaryl/α,β-unsaturated/α-hetero) is 1. The van der Waals surface area contributed by atoms with Crippen LogP contribution < -0.4 is 0 Å². The van der Waals surface area contributed by atoms with Crippen LogP contribution in [0.1, 0.15) is 22.3 Å². The number of ketones is 1. The third-order valence-corrected chi connectivity index (χ3v) is 3.10. The van der Waals surface area contributed by atoms with E-state index in [4.69, 9.17) is 0 Å². The first-order valence-corrected chi connectivity index (χ1v) is 5.55. The highest BCUT2D eigenvalue weighted by Gasteiger charge is 2.30. The monoisotopic (exact) mass is 221 g/mol. The third kappa shape index (κ3) is 2.14. The Kier molecular flexibility index (Phi) is 3.06. The molecule has 0 N–H and O–H groups in total. The van der Waals surface area contributed by atoms with Gasteiger partial charge >= 0.3 is 0 Å². The number of rotatable bonds is 3. The Hall–Kier alpha value is -1.22. The van der Waals surface area contributed by atoms with Gasteiger partial charge in [0.2, 0.25) is 0 Å². The number of benzene rings is 1. The van der Waals surface area contributed by atoms with Gasteiger partial charge < -0.3 is 4.90 Å². The second kappa shape index (κ2) is 4.34. The van der Waals surface area contributed by atoms with E-state index in [0.717, 1.165) is 24.9 Å². The molecule has 0 bridgehead atoms. The first-order chi connectivity index (χ1) is 7.58. The molecule has 0 aromatic heterocycles. The zero-order valence-electron chi connectivity index (χ0n) is 9.66. The summed E-state index contributed by atoms with van der Waals surface area (Å²) >= 11 is 0. The van der Waals surface area contributed by atoms with Gasteiger partial charge in [0, 0.05) is 11.5 Å². The van der Waals surface area contributed by atoms with Gasteiger partial charge in [-0.3, -0.25) is 4.79 Å². The Labute approximate surface area is 95.1 Å². The van der Waals surface area contributed by atoms with Crippen molar-refractivity contribution < 1.29 is 9.18 Å². The maximum Gasteiger partial charge on any atom is 0.166 e. The van der Waals surface area contributed by atoms with Gasteiger partial charge in [-0.25, -0.2) is 4.39 Å². The summed E-state index contributed by atoms with van der Waals surface area (Å²) in [5, 5.41) is 0. The molecule has 16 heavy (non-hydrogen) atoms. The summed E-state index contributed by atoms with van der Waals surface area (Å²) in [7, 11) is 3.98. The zero-order valence-corrected chi connectivity index (χ0v) is 9.66. The molecular formula is C13H16FNO. The molecular weight excluding hydrogens is 205 g/mol. The molecule has 86 valence electrons. The summed E-state index contributed by atoms with van der Waals surface area (Å²) < 4.78 is 13.0. The highest BCUT2D eigenvalue weighted by molar-refractivity contribution is 6.02. The van der Waals surface area contributed by atoms with Gasteiger partial charge in [-0.05, 0) is 51.2 Å². The average Bonchev–Trinajstić information content (AvgIpc) is 2.53. The predicted octanol–water partition coefficient (Wildman–Crippen LogP) is 2.13. The molecule has 1 aliphatic carbocycles. The van der Waals surface area contributed by atoms with Gasteiger partial charge in [-0.1, -0.05) is 6.07 Å². The first kappa shape index (κ1) is 11.3. The number of carbonyl (C=O) groups is 1. The average molecular weight is 221 g/mol. The molecule has 3 heteroatoms. The van der Waals surface area contributed by atoms with E-state index in [0.29, 0.717) is 5.56 Å². The minimum absolute atomic E-state index is 0.0409. The molecule has 0 amide bonds. The number of halogens is 1.